The number of nitrogens with one attached hydrogen (secondary N) is 4. The minimum absolute atomic E-state index is 0.0656. The molecule has 556 valence electrons. The monoisotopic (exact) mass is 1390 g/mol. The van der Waals surface area contributed by atoms with Gasteiger partial charge in [0.25, 0.3) is 0 Å². The minimum atomic E-state index is -1.30. The second-order valence-electron chi connectivity index (χ2n) is 29.7. The van der Waals surface area contributed by atoms with Gasteiger partial charge in [0.15, 0.2) is 0 Å². The number of rotatable bonds is 22. The molecule has 12 atom stereocenters. The molecule has 0 saturated carbocycles. The molecular formula is C71H128N12O13S. The summed E-state index contributed by atoms with van der Waals surface area (Å²) in [7, 11) is 11.9. The third-order valence-corrected chi connectivity index (χ3v) is 20.0. The van der Waals surface area contributed by atoms with E-state index in [4.69, 9.17) is 9.47 Å². The van der Waals surface area contributed by atoms with Gasteiger partial charge in [-0.3, -0.25) is 57.6 Å². The van der Waals surface area contributed by atoms with Gasteiger partial charge < -0.3 is 65.0 Å². The molecule has 2 aliphatic rings. The molecule has 4 N–H and O–H groups in total. The molecule has 0 radical (unpaired) electrons. The van der Waals surface area contributed by atoms with Crippen LogP contribution < -0.4 is 21.3 Å². The molecule has 97 heavy (non-hydrogen) atoms. The molecular weight excluding hydrogens is 1260 g/mol. The number of amides is 11. The lowest BCUT2D eigenvalue weighted by atomic mass is 9.93. The van der Waals surface area contributed by atoms with Crippen molar-refractivity contribution in [3.8, 4) is 0 Å². The summed E-state index contributed by atoms with van der Waals surface area (Å²) in [6.07, 6.45) is 5.85. The van der Waals surface area contributed by atoms with Crippen LogP contribution in [-0.2, 0) is 62.2 Å². The molecule has 11 amide bonds. The van der Waals surface area contributed by atoms with Crippen molar-refractivity contribution in [2.24, 2.45) is 35.5 Å². The molecule has 0 unspecified atom stereocenters. The average molecular weight is 1390 g/mol. The molecule has 2 saturated heterocycles. The quantitative estimate of drug-likeness (QED) is 0.0830. The fourth-order valence-electron chi connectivity index (χ4n) is 12.4. The van der Waals surface area contributed by atoms with Crippen molar-refractivity contribution in [2.45, 2.75) is 241 Å². The van der Waals surface area contributed by atoms with E-state index in [1.54, 1.807) is 48.5 Å². The van der Waals surface area contributed by atoms with Crippen molar-refractivity contribution < 1.29 is 62.2 Å². The lowest BCUT2D eigenvalue weighted by Crippen LogP contribution is -2.62. The van der Waals surface area contributed by atoms with E-state index in [1.807, 2.05) is 67.5 Å². The zero-order valence-electron chi connectivity index (χ0n) is 63.9. The van der Waals surface area contributed by atoms with Crippen molar-refractivity contribution in [3.05, 3.63) is 12.2 Å². The number of hydrogen-bond acceptors (Lipinski definition) is 15. The van der Waals surface area contributed by atoms with Crippen LogP contribution in [0.5, 0.6) is 0 Å². The van der Waals surface area contributed by atoms with Gasteiger partial charge in [-0.05, 0) is 127 Å². The summed E-state index contributed by atoms with van der Waals surface area (Å²) in [5.74, 6) is -7.83. The van der Waals surface area contributed by atoms with Crippen LogP contribution in [0, 0.1) is 35.5 Å². The first-order valence-corrected chi connectivity index (χ1v) is 36.4. The number of methoxy groups -OCH3 is 1. The summed E-state index contributed by atoms with van der Waals surface area (Å²) in [5.41, 5.74) is -1.02. The smallest absolute Gasteiger partial charge is 0.246 e. The van der Waals surface area contributed by atoms with E-state index in [1.165, 1.54) is 116 Å². The lowest BCUT2D eigenvalue weighted by Gasteiger charge is -2.41. The highest BCUT2D eigenvalue weighted by Gasteiger charge is 2.46. The molecule has 25 nitrogen and oxygen atoms in total. The molecule has 2 heterocycles. The number of ether oxygens (including phenoxy) is 2. The standard InChI is InChI=1S/C71H128N12O13S/c1-26-28-30-48(13)40-53-62(86)74-51(27-2)65(89)81(23)57(42-97-36-29-31-83-32-34-96-35-33-83)68(92)80(22)56(41-71(16,17)95-25)63(87)75-58(46(9)10)69(93)76(18)52(37-43(3)4)61(85)72-49(14)60(84)73-50(15)64(88)78(20)54(38-44(5)6)66(90)79(21)55(39-45(7)8)67(91)82(24)59(47(11)12)70(94)77(53)19/h26,28,43-59H,27,29-42H2,1-25H3,(H,72,85)(H,73,84)(H,74,86)(H,75,87)/b28-26+/t48-,49-,50+,51-,52-,53-,54+,55+,56+,57-,58-,59+/m1/s1. The molecule has 26 heteroatoms. The maximum absolute atomic E-state index is 15.6. The summed E-state index contributed by atoms with van der Waals surface area (Å²) in [6.45, 7) is 34.0. The van der Waals surface area contributed by atoms with Crippen LogP contribution >= 0.6 is 11.8 Å². The molecule has 0 aromatic rings. The Kier molecular flexibility index (Phi) is 36.9. The molecule has 2 rings (SSSR count). The number of carbonyl (C=O) groups is 11. The zero-order chi connectivity index (χ0) is 74.3. The molecule has 2 fully saturated rings. The van der Waals surface area contributed by atoms with Crippen LogP contribution in [0.2, 0.25) is 0 Å². The lowest BCUT2D eigenvalue weighted by molar-refractivity contribution is -0.156. The van der Waals surface area contributed by atoms with Gasteiger partial charge >= 0.3 is 0 Å². The Morgan fingerprint density at radius 2 is 0.969 bits per heavy atom. The maximum Gasteiger partial charge on any atom is 0.246 e. The minimum Gasteiger partial charge on any atom is -0.379 e. The van der Waals surface area contributed by atoms with E-state index < -0.39 is 149 Å². The first-order valence-electron chi connectivity index (χ1n) is 35.2. The van der Waals surface area contributed by atoms with E-state index >= 15 is 33.6 Å². The highest BCUT2D eigenvalue weighted by atomic mass is 32.2. The van der Waals surface area contributed by atoms with Crippen molar-refractivity contribution in [2.75, 3.05) is 101 Å². The van der Waals surface area contributed by atoms with Crippen molar-refractivity contribution >= 4 is 76.7 Å². The van der Waals surface area contributed by atoms with Gasteiger partial charge in [0.1, 0.15) is 66.5 Å². The number of thioether (sulfide) groups is 1. The average Bonchev–Trinajstić information content (AvgIpc) is 0.814. The number of morpholine rings is 1. The second kappa shape index (κ2) is 41.0. The van der Waals surface area contributed by atoms with Gasteiger partial charge in [-0.25, -0.2) is 0 Å². The van der Waals surface area contributed by atoms with E-state index in [-0.39, 0.29) is 67.9 Å². The Morgan fingerprint density at radius 3 is 1.47 bits per heavy atom. The number of likely N-dealkylation sites (N-methyl/N-ethyl adjacent to an activating group) is 7. The van der Waals surface area contributed by atoms with Crippen LogP contribution in [0.25, 0.3) is 0 Å². The molecule has 0 aromatic heterocycles. The Labute approximate surface area is 586 Å². The van der Waals surface area contributed by atoms with E-state index in [0.29, 0.717) is 25.4 Å². The molecule has 0 bridgehead atoms. The Hall–Kier alpha value is -5.86. The van der Waals surface area contributed by atoms with Gasteiger partial charge in [0, 0.05) is 81.7 Å². The maximum atomic E-state index is 15.6. The van der Waals surface area contributed by atoms with Crippen LogP contribution in [-0.4, -0.2) is 277 Å². The number of carbonyl (C=O) groups excluding carboxylic acids is 11. The fourth-order valence-corrected chi connectivity index (χ4v) is 13.5. The zero-order valence-corrected chi connectivity index (χ0v) is 64.7. The van der Waals surface area contributed by atoms with E-state index in [0.717, 1.165) is 26.1 Å². The number of nitrogens with zero attached hydrogens (tertiary/aromatic N) is 8. The van der Waals surface area contributed by atoms with Gasteiger partial charge in [0.05, 0.1) is 18.8 Å². The van der Waals surface area contributed by atoms with Gasteiger partial charge in [-0.15, -0.1) is 0 Å². The van der Waals surface area contributed by atoms with Crippen molar-refractivity contribution in [1.82, 2.24) is 60.5 Å². The molecule has 0 aromatic carbocycles. The Balaban J connectivity index is 3.10. The van der Waals surface area contributed by atoms with Crippen LogP contribution in [0.1, 0.15) is 169 Å². The normalized spacial score (nSPS) is 26.8. The summed E-state index contributed by atoms with van der Waals surface area (Å²) >= 11 is 1.47. The largest absolute Gasteiger partial charge is 0.379 e. The SMILES string of the molecule is C/C=C/C[C@@H](C)C[C@@H]1C(=O)N[C@H](CC)C(=O)N(C)[C@H](CSCCCN2CCOCC2)C(=O)N(C)[C@@H](CC(C)(C)OC)C(=O)N[C@H](C(C)C)C(=O)N(C)[C@H](CC(C)C)C(=O)N[C@H](C)C(=O)N[C@@H](C)C(=O)N(C)[C@@H](CC(C)C)C(=O)N(C)[C@@H](CC(C)C)C(=O)N(C)[C@@H](C(C)C)C(=O)N1C. The number of hydrogen-bond donors (Lipinski definition) is 4. The molecule has 2 aliphatic heterocycles. The third-order valence-electron chi connectivity index (χ3n) is 18.9. The Bertz CT molecular complexity index is 2630. The Morgan fingerprint density at radius 1 is 0.526 bits per heavy atom. The highest BCUT2D eigenvalue weighted by Crippen LogP contribution is 2.27. The summed E-state index contributed by atoms with van der Waals surface area (Å²) in [4.78, 5) is 177. The summed E-state index contributed by atoms with van der Waals surface area (Å²) in [5, 5.41) is 11.4. The second-order valence-corrected chi connectivity index (χ2v) is 30.8. The van der Waals surface area contributed by atoms with Crippen LogP contribution in [0.3, 0.4) is 0 Å². The van der Waals surface area contributed by atoms with Gasteiger partial charge in [-0.2, -0.15) is 11.8 Å². The first kappa shape index (κ1) is 87.2. The van der Waals surface area contributed by atoms with Gasteiger partial charge in [-0.1, -0.05) is 95.2 Å². The van der Waals surface area contributed by atoms with E-state index in [9.17, 15) is 19.2 Å². The molecule has 0 aliphatic carbocycles. The van der Waals surface area contributed by atoms with Gasteiger partial charge in [0.2, 0.25) is 65.0 Å². The van der Waals surface area contributed by atoms with Crippen molar-refractivity contribution in [1.29, 1.82) is 0 Å². The predicted octanol–water partition coefficient (Wildman–Crippen LogP) is 4.89. The van der Waals surface area contributed by atoms with Crippen LogP contribution in [0.4, 0.5) is 0 Å². The number of allylic oxidation sites excluding steroid dienone is 2. The van der Waals surface area contributed by atoms with Crippen LogP contribution in [0.15, 0.2) is 12.2 Å². The summed E-state index contributed by atoms with van der Waals surface area (Å²) in [6, 6.07) is -13.2. The fraction of sp³-hybridized carbons (Fsp3) is 0.817. The highest BCUT2D eigenvalue weighted by molar-refractivity contribution is 7.99. The van der Waals surface area contributed by atoms with E-state index in [2.05, 4.69) is 26.2 Å². The predicted molar refractivity (Wildman–Crippen MR) is 381 cm³/mol. The summed E-state index contributed by atoms with van der Waals surface area (Å²) < 4.78 is 11.4. The third kappa shape index (κ3) is 26.0. The molecule has 0 spiro atoms. The first-order chi connectivity index (χ1) is 45.1. The van der Waals surface area contributed by atoms with Crippen molar-refractivity contribution in [3.63, 3.8) is 0 Å². The topological polar surface area (TPSA) is 280 Å².